The van der Waals surface area contributed by atoms with Gasteiger partial charge in [0.05, 0.1) is 20.6 Å². The summed E-state index contributed by atoms with van der Waals surface area (Å²) in [5.74, 6) is 0.895. The maximum absolute atomic E-state index is 12.7. The van der Waals surface area contributed by atoms with Gasteiger partial charge in [-0.2, -0.15) is 0 Å². The quantitative estimate of drug-likeness (QED) is 0.826. The number of ether oxygens (including phenoxy) is 2. The molecule has 0 aliphatic carbocycles. The molecule has 1 aromatic carbocycles. The molecule has 27 heavy (non-hydrogen) atoms. The van der Waals surface area contributed by atoms with Crippen molar-refractivity contribution in [3.63, 3.8) is 0 Å². The number of nitrogens with zero attached hydrogens (tertiary/aromatic N) is 1. The molecular formula is C20H24N2O4S. The number of hydrogen-bond acceptors (Lipinski definition) is 5. The highest BCUT2D eigenvalue weighted by Gasteiger charge is 2.26. The molecule has 0 unspecified atom stereocenters. The smallest absolute Gasteiger partial charge is 0.259 e. The van der Waals surface area contributed by atoms with E-state index in [1.807, 2.05) is 22.4 Å². The Kier molecular flexibility index (Phi) is 6.34. The molecule has 1 saturated heterocycles. The lowest BCUT2D eigenvalue weighted by atomic mass is 10.0. The van der Waals surface area contributed by atoms with Crippen LogP contribution < -0.4 is 14.8 Å². The van der Waals surface area contributed by atoms with Gasteiger partial charge in [-0.3, -0.25) is 9.59 Å². The average Bonchev–Trinajstić information content (AvgIpc) is 3.20. The van der Waals surface area contributed by atoms with Crippen molar-refractivity contribution in [2.45, 2.75) is 25.3 Å². The maximum Gasteiger partial charge on any atom is 0.259 e. The van der Waals surface area contributed by atoms with Crippen molar-refractivity contribution in [2.75, 3.05) is 27.3 Å². The van der Waals surface area contributed by atoms with Gasteiger partial charge < -0.3 is 19.7 Å². The molecule has 1 aromatic heterocycles. The normalized spacial score (nSPS) is 14.7. The van der Waals surface area contributed by atoms with E-state index in [0.717, 1.165) is 17.7 Å². The zero-order valence-electron chi connectivity index (χ0n) is 15.6. The molecule has 0 spiro atoms. The number of benzene rings is 1. The molecule has 2 heterocycles. The number of rotatable bonds is 6. The van der Waals surface area contributed by atoms with Gasteiger partial charge in [0.15, 0.2) is 0 Å². The summed E-state index contributed by atoms with van der Waals surface area (Å²) in [5.41, 5.74) is 0.402. The molecule has 0 atom stereocenters. The van der Waals surface area contributed by atoms with Crippen LogP contribution in [-0.4, -0.2) is 50.1 Å². The Balaban J connectivity index is 1.56. The molecular weight excluding hydrogens is 364 g/mol. The van der Waals surface area contributed by atoms with Crippen molar-refractivity contribution in [3.8, 4) is 11.5 Å². The Hall–Kier alpha value is -2.54. The fraction of sp³-hybridized carbons (Fsp3) is 0.400. The van der Waals surface area contributed by atoms with Gasteiger partial charge in [0, 0.05) is 24.0 Å². The predicted octanol–water partition coefficient (Wildman–Crippen LogP) is 2.73. The van der Waals surface area contributed by atoms with Gasteiger partial charge in [-0.1, -0.05) is 12.1 Å². The van der Waals surface area contributed by atoms with Gasteiger partial charge in [-0.25, -0.2) is 0 Å². The van der Waals surface area contributed by atoms with Crippen LogP contribution in [0.3, 0.4) is 0 Å². The minimum atomic E-state index is -0.215. The maximum atomic E-state index is 12.7. The SMILES string of the molecule is COc1cccc(OC)c1C(=O)NC1CCN(C(=O)Cc2cccs2)CC1. The van der Waals surface area contributed by atoms with Gasteiger partial charge in [0.2, 0.25) is 5.91 Å². The van der Waals surface area contributed by atoms with Crippen LogP contribution in [0.1, 0.15) is 28.1 Å². The first-order chi connectivity index (χ1) is 13.1. The molecule has 1 fully saturated rings. The molecule has 1 N–H and O–H groups in total. The highest BCUT2D eigenvalue weighted by atomic mass is 32.1. The van der Waals surface area contributed by atoms with Gasteiger partial charge in [0.25, 0.3) is 5.91 Å². The Morgan fingerprint density at radius 3 is 2.33 bits per heavy atom. The second kappa shape index (κ2) is 8.90. The monoisotopic (exact) mass is 388 g/mol. The third kappa shape index (κ3) is 4.60. The van der Waals surface area contributed by atoms with Crippen LogP contribution in [0.4, 0.5) is 0 Å². The molecule has 7 heteroatoms. The summed E-state index contributed by atoms with van der Waals surface area (Å²) in [6.45, 7) is 1.30. The van der Waals surface area contributed by atoms with E-state index in [1.54, 1.807) is 29.5 Å². The van der Waals surface area contributed by atoms with Gasteiger partial charge in [-0.15, -0.1) is 11.3 Å². The average molecular weight is 388 g/mol. The van der Waals surface area contributed by atoms with Crippen LogP contribution in [0.5, 0.6) is 11.5 Å². The zero-order valence-corrected chi connectivity index (χ0v) is 16.4. The van der Waals surface area contributed by atoms with Gasteiger partial charge in [0.1, 0.15) is 17.1 Å². The number of piperidine rings is 1. The van der Waals surface area contributed by atoms with Crippen molar-refractivity contribution in [1.82, 2.24) is 10.2 Å². The molecule has 1 aliphatic rings. The number of likely N-dealkylation sites (tertiary alicyclic amines) is 1. The van der Waals surface area contributed by atoms with E-state index < -0.39 is 0 Å². The van der Waals surface area contributed by atoms with Crippen LogP contribution in [0, 0.1) is 0 Å². The van der Waals surface area contributed by atoms with E-state index in [4.69, 9.17) is 9.47 Å². The summed E-state index contributed by atoms with van der Waals surface area (Å²) >= 11 is 1.60. The summed E-state index contributed by atoms with van der Waals surface area (Å²) in [6, 6.07) is 9.23. The number of carbonyl (C=O) groups excluding carboxylic acids is 2. The number of hydrogen-bond donors (Lipinski definition) is 1. The highest BCUT2D eigenvalue weighted by Crippen LogP contribution is 2.28. The number of methoxy groups -OCH3 is 2. The van der Waals surface area contributed by atoms with Crippen LogP contribution in [-0.2, 0) is 11.2 Å². The predicted molar refractivity (Wildman–Crippen MR) is 105 cm³/mol. The molecule has 144 valence electrons. The molecule has 6 nitrogen and oxygen atoms in total. The summed E-state index contributed by atoms with van der Waals surface area (Å²) in [5, 5.41) is 5.04. The van der Waals surface area contributed by atoms with E-state index >= 15 is 0 Å². The molecule has 0 radical (unpaired) electrons. The summed E-state index contributed by atoms with van der Waals surface area (Å²) in [4.78, 5) is 28.1. The Labute approximate surface area is 163 Å². The van der Waals surface area contributed by atoms with Crippen LogP contribution in [0.2, 0.25) is 0 Å². The standard InChI is InChI=1S/C20H24N2O4S/c1-25-16-6-3-7-17(26-2)19(16)20(24)21-14-8-10-22(11-9-14)18(23)13-15-5-4-12-27-15/h3-7,12,14H,8-11,13H2,1-2H3,(H,21,24). The number of amides is 2. The first-order valence-corrected chi connectivity index (χ1v) is 9.82. The lowest BCUT2D eigenvalue weighted by Crippen LogP contribution is -2.47. The van der Waals surface area contributed by atoms with Crippen molar-refractivity contribution in [1.29, 1.82) is 0 Å². The zero-order chi connectivity index (χ0) is 19.2. The Morgan fingerprint density at radius 2 is 1.78 bits per heavy atom. The molecule has 1 aliphatic heterocycles. The molecule has 2 amide bonds. The van der Waals surface area contributed by atoms with Crippen molar-refractivity contribution in [2.24, 2.45) is 0 Å². The van der Waals surface area contributed by atoms with Crippen LogP contribution >= 0.6 is 11.3 Å². The molecule has 2 aromatic rings. The minimum Gasteiger partial charge on any atom is -0.496 e. The number of nitrogens with one attached hydrogen (secondary N) is 1. The Bertz CT molecular complexity index is 761. The first-order valence-electron chi connectivity index (χ1n) is 8.94. The number of carbonyl (C=O) groups is 2. The van der Waals surface area contributed by atoms with Crippen molar-refractivity contribution in [3.05, 3.63) is 46.2 Å². The first kappa shape index (κ1) is 19.2. The third-order valence-corrected chi connectivity index (χ3v) is 5.62. The van der Waals surface area contributed by atoms with Crippen molar-refractivity contribution < 1.29 is 19.1 Å². The van der Waals surface area contributed by atoms with E-state index in [-0.39, 0.29) is 17.9 Å². The third-order valence-electron chi connectivity index (χ3n) is 4.74. The lowest BCUT2D eigenvalue weighted by Gasteiger charge is -2.32. The van der Waals surface area contributed by atoms with Crippen LogP contribution in [0.15, 0.2) is 35.7 Å². The summed E-state index contributed by atoms with van der Waals surface area (Å²) in [7, 11) is 3.06. The molecule has 3 rings (SSSR count). The van der Waals surface area contributed by atoms with E-state index in [0.29, 0.717) is 36.6 Å². The van der Waals surface area contributed by atoms with Gasteiger partial charge in [-0.05, 0) is 36.4 Å². The van der Waals surface area contributed by atoms with E-state index in [2.05, 4.69) is 5.32 Å². The number of thiophene rings is 1. The largest absolute Gasteiger partial charge is 0.496 e. The fourth-order valence-electron chi connectivity index (χ4n) is 3.28. The van der Waals surface area contributed by atoms with E-state index in [1.165, 1.54) is 14.2 Å². The topological polar surface area (TPSA) is 67.9 Å². The van der Waals surface area contributed by atoms with Crippen LogP contribution in [0.25, 0.3) is 0 Å². The summed E-state index contributed by atoms with van der Waals surface area (Å²) < 4.78 is 10.6. The summed E-state index contributed by atoms with van der Waals surface area (Å²) in [6.07, 6.45) is 1.92. The highest BCUT2D eigenvalue weighted by molar-refractivity contribution is 7.10. The lowest BCUT2D eigenvalue weighted by molar-refractivity contribution is -0.131. The second-order valence-corrected chi connectivity index (χ2v) is 7.45. The Morgan fingerprint density at radius 1 is 1.11 bits per heavy atom. The fourth-order valence-corrected chi connectivity index (χ4v) is 3.98. The van der Waals surface area contributed by atoms with Gasteiger partial charge >= 0.3 is 0 Å². The molecule has 0 bridgehead atoms. The van der Waals surface area contributed by atoms with Crippen molar-refractivity contribution >= 4 is 23.2 Å². The molecule has 0 saturated carbocycles. The van der Waals surface area contributed by atoms with E-state index in [9.17, 15) is 9.59 Å². The minimum absolute atomic E-state index is 0.0258. The second-order valence-electron chi connectivity index (χ2n) is 6.42.